The molecule has 125 heavy (non-hydrogen) atoms. The van der Waals surface area contributed by atoms with E-state index in [9.17, 15) is 45.6 Å². The number of carbonyl (C=O) groups is 2. The number of hydrogen-bond donors (Lipinski definition) is 11. The fraction of sp³-hybridized carbons (Fsp3) is 0.149. The number of phenolic OH excluding ortho intramolecular Hbond substituents is 8. The van der Waals surface area contributed by atoms with Crippen molar-refractivity contribution >= 4 is 11.8 Å². The Kier molecular flexibility index (Phi) is 29.3. The van der Waals surface area contributed by atoms with E-state index in [0.717, 1.165) is 87.5 Å². The third-order valence-corrected chi connectivity index (χ3v) is 20.3. The predicted molar refractivity (Wildman–Crippen MR) is 467 cm³/mol. The third-order valence-electron chi connectivity index (χ3n) is 20.3. The van der Waals surface area contributed by atoms with Gasteiger partial charge in [-0.25, -0.2) is 0 Å². The van der Waals surface area contributed by atoms with E-state index in [0.29, 0.717) is 63.9 Å². The number of aliphatic hydroxyl groups is 1. The van der Waals surface area contributed by atoms with Crippen LogP contribution in [0.4, 0.5) is 4.70 Å². The van der Waals surface area contributed by atoms with Crippen LogP contribution in [-0.2, 0) is 65.7 Å². The predicted octanol–water partition coefficient (Wildman–Crippen LogP) is 18.5. The molecule has 0 aromatic heterocycles. The first kappa shape index (κ1) is 87.1. The highest BCUT2D eigenvalue weighted by molar-refractivity contribution is 5.97. The Hall–Kier alpha value is -15.7. The van der Waals surface area contributed by atoms with Crippen LogP contribution in [0.1, 0.15) is 101 Å². The molecule has 11 N–H and O–H groups in total. The number of ether oxygens (including phenoxy) is 10. The summed E-state index contributed by atoms with van der Waals surface area (Å²) in [7, 11) is 1.00. The van der Waals surface area contributed by atoms with Gasteiger partial charge in [-0.15, -0.1) is 0 Å². The first-order valence-corrected chi connectivity index (χ1v) is 39.9. The lowest BCUT2D eigenvalue weighted by molar-refractivity contribution is 0.0829. The fourth-order valence-electron chi connectivity index (χ4n) is 14.1. The van der Waals surface area contributed by atoms with Crippen LogP contribution in [0.15, 0.2) is 315 Å². The molecule has 16 rings (SSSR count). The summed E-state index contributed by atoms with van der Waals surface area (Å²) in [4.78, 5) is 28.5. The van der Waals surface area contributed by atoms with Crippen molar-refractivity contribution in [2.45, 2.75) is 90.0 Å². The Morgan fingerprint density at radius 3 is 0.944 bits per heavy atom. The Morgan fingerprint density at radius 1 is 0.312 bits per heavy atom. The van der Waals surface area contributed by atoms with E-state index in [-0.39, 0.29) is 105 Å². The van der Waals surface area contributed by atoms with Crippen molar-refractivity contribution in [3.8, 4) is 103 Å². The number of hydrogen-bond acceptors (Lipinski definition) is 21. The molecule has 2 amide bonds. The monoisotopic (exact) mass is 1690 g/mol. The van der Waals surface area contributed by atoms with Gasteiger partial charge in [0.1, 0.15) is 99.6 Å². The van der Waals surface area contributed by atoms with E-state index in [1.54, 1.807) is 12.1 Å². The molecule has 4 atom stereocenters. The van der Waals surface area contributed by atoms with Crippen molar-refractivity contribution in [1.82, 2.24) is 10.6 Å². The summed E-state index contributed by atoms with van der Waals surface area (Å²) < 4.78 is 67.1. The number of aromatic hydroxyl groups is 8. The van der Waals surface area contributed by atoms with E-state index < -0.39 is 70.6 Å². The van der Waals surface area contributed by atoms with E-state index in [4.69, 9.17) is 52.5 Å². The SMILES string of the molecule is CO.F.O=C(N[C@@H]1Cc2c(O)cc(O)cc2O[C@@H]1c1cc(O)c(O)c(O)c1)c1cc(O)c(O)c(O)c1.O=C(N[C@@H]1Cc2c(OCc3ccccc3)cc(OCc3ccccc3)cc2O[C@@H]1c1cc(OCc2ccccc2)c(OCc2ccccc2)c(OCc2ccccc2)c1)c1cc(OCc2ccccc2)c(OCc2ccccc2)c(OCc2ccccc2)c1.[3H-]. The van der Waals surface area contributed by atoms with Crippen molar-refractivity contribution < 1.29 is 109 Å². The maximum Gasteiger partial charge on any atom is 0.251 e. The van der Waals surface area contributed by atoms with Gasteiger partial charge in [0.05, 0.1) is 12.1 Å². The molecule has 0 fully saturated rings. The topological polar surface area (TPSA) is 333 Å². The van der Waals surface area contributed by atoms with Gasteiger partial charge in [0.25, 0.3) is 11.8 Å². The Bertz CT molecular complexity index is 5750. The van der Waals surface area contributed by atoms with Gasteiger partial charge in [0, 0.05) is 77.6 Å². The van der Waals surface area contributed by atoms with Crippen LogP contribution in [0.3, 0.4) is 0 Å². The van der Waals surface area contributed by atoms with Crippen LogP contribution in [0.5, 0.6) is 103 Å². The fourth-order valence-corrected chi connectivity index (χ4v) is 14.1. The molecule has 14 aromatic carbocycles. The van der Waals surface area contributed by atoms with Crippen LogP contribution in [0, 0.1) is 0 Å². The molecule has 0 unspecified atom stereocenters. The molecular formula is C101H92FN2O21-. The summed E-state index contributed by atoms with van der Waals surface area (Å²) in [5.41, 5.74) is 9.51. The van der Waals surface area contributed by atoms with Crippen LogP contribution in [-0.4, -0.2) is 77.0 Å². The second-order valence-electron chi connectivity index (χ2n) is 29.1. The van der Waals surface area contributed by atoms with E-state index in [1.165, 1.54) is 6.07 Å². The lowest BCUT2D eigenvalue weighted by Crippen LogP contribution is -2.45. The highest BCUT2D eigenvalue weighted by atomic mass is 19.0. The van der Waals surface area contributed by atoms with Crippen LogP contribution >= 0.6 is 0 Å². The molecule has 640 valence electrons. The molecule has 23 nitrogen and oxygen atoms in total. The molecule has 0 saturated heterocycles. The van der Waals surface area contributed by atoms with Gasteiger partial charge in [-0.05, 0) is 93.0 Å². The minimum atomic E-state index is -1.07. The van der Waals surface area contributed by atoms with Gasteiger partial charge in [-0.3, -0.25) is 14.3 Å². The zero-order valence-electron chi connectivity index (χ0n) is 68.7. The normalized spacial score (nSPS) is 13.9. The number of phenols is 8. The van der Waals surface area contributed by atoms with Gasteiger partial charge < -0.3 is 105 Å². The maximum absolute atomic E-state index is 15.7. The minimum absolute atomic E-state index is 0. The second kappa shape index (κ2) is 42.0. The minimum Gasteiger partial charge on any atom is -1.00 e. The average molecular weight is 1690 g/mol. The van der Waals surface area contributed by atoms with Gasteiger partial charge in [-0.2, -0.15) is 0 Å². The van der Waals surface area contributed by atoms with Crippen molar-refractivity contribution in [3.05, 3.63) is 393 Å². The maximum atomic E-state index is 15.7. The zero-order chi connectivity index (χ0) is 86.3. The third kappa shape index (κ3) is 22.7. The summed E-state index contributed by atoms with van der Waals surface area (Å²) >= 11 is 0. The molecule has 0 radical (unpaired) electrons. The number of rotatable bonds is 30. The molecular weight excluding hydrogens is 1600 g/mol. The standard InChI is InChI=1S/C78H67NO10.C22H19NO10.CH4O.FH.H/c80-78(65-43-73(85-52-60-33-17-5-18-34-60)77(88-55-63-39-23-8-24-40-63)74(44-65)86-53-61-35-19-6-20-36-61)79-68-47-67-69(82-49-57-27-11-2-12-28-57)45-66(81-48-56-25-9-1-10-26-56)46-70(67)89-75(68)64-41-71(83-50-58-29-13-3-14-30-58)76(87-54-62-37-21-7-22-38-62)72(42-64)84-51-59-31-15-4-16-32-59;24-10-5-13(25)11-7-12(23-22(32)9-3-16(28)20(31)17(29)4-9)21(33-18(11)6-10)8-1-14(26)19(30)15(27)2-8;1-2;;/h1-46,68,75H,47-55H2,(H,79,80);1-6,12,21,24-31H,7H2,(H,23,32);2H,1H3;1H;/q;;;;-1/t68-,75-;12-,21-;;;/m11.../s1/i;;;;1+2. The highest BCUT2D eigenvalue weighted by Gasteiger charge is 2.39. The number of fused-ring (bicyclic) bond motifs is 2. The number of benzene rings is 14. The first-order chi connectivity index (χ1) is 60.5. The van der Waals surface area contributed by atoms with Gasteiger partial charge in [-0.1, -0.05) is 243 Å². The Labute approximate surface area is 721 Å². The van der Waals surface area contributed by atoms with Crippen molar-refractivity contribution in [3.63, 3.8) is 0 Å². The van der Waals surface area contributed by atoms with E-state index >= 15 is 4.79 Å². The number of amides is 2. The summed E-state index contributed by atoms with van der Waals surface area (Å²) in [5, 5.41) is 91.5. The highest BCUT2D eigenvalue weighted by Crippen LogP contribution is 2.50. The van der Waals surface area contributed by atoms with Crippen molar-refractivity contribution in [2.75, 3.05) is 7.11 Å². The molecule has 0 bridgehead atoms. The number of carbonyl (C=O) groups excluding carboxylic acids is 2. The lowest BCUT2D eigenvalue weighted by atomic mass is 9.91. The second-order valence-corrected chi connectivity index (χ2v) is 29.1. The Morgan fingerprint density at radius 2 is 0.592 bits per heavy atom. The van der Waals surface area contributed by atoms with Gasteiger partial charge >= 0.3 is 0 Å². The van der Waals surface area contributed by atoms with Crippen LogP contribution in [0.25, 0.3) is 0 Å². The average Bonchev–Trinajstić information content (AvgIpc) is 0.771. The molecule has 0 aliphatic carbocycles. The largest absolute Gasteiger partial charge is 1.00 e. The molecule has 0 saturated carbocycles. The smallest absolute Gasteiger partial charge is 0.251 e. The summed E-state index contributed by atoms with van der Waals surface area (Å²) in [5.74, 6) is -2.08. The molecule has 14 aromatic rings. The zero-order valence-corrected chi connectivity index (χ0v) is 67.7. The molecule has 2 aliphatic heterocycles. The summed E-state index contributed by atoms with van der Waals surface area (Å²) in [6, 6.07) is 95.4. The number of halogens is 1. The van der Waals surface area contributed by atoms with Crippen molar-refractivity contribution in [2.24, 2.45) is 0 Å². The van der Waals surface area contributed by atoms with Crippen LogP contribution < -0.4 is 58.0 Å². The quantitative estimate of drug-likeness (QED) is 0.0186. The van der Waals surface area contributed by atoms with E-state index in [2.05, 4.69) is 10.6 Å². The molecule has 0 spiro atoms. The van der Waals surface area contributed by atoms with Gasteiger partial charge in [0.15, 0.2) is 57.5 Å². The summed E-state index contributed by atoms with van der Waals surface area (Å²) in [6.45, 7) is 1.84. The lowest BCUT2D eigenvalue weighted by Gasteiger charge is -2.36. The van der Waals surface area contributed by atoms with Gasteiger partial charge in [0.2, 0.25) is 11.5 Å². The molecule has 2 aliphatic rings. The number of nitrogens with one attached hydrogen (secondary N) is 2. The molecule has 24 heteroatoms. The van der Waals surface area contributed by atoms with E-state index in [1.807, 2.05) is 267 Å². The van der Waals surface area contributed by atoms with Crippen LogP contribution in [0.2, 0.25) is 0 Å². The summed E-state index contributed by atoms with van der Waals surface area (Å²) in [6.07, 6.45) is -1.71. The van der Waals surface area contributed by atoms with Crippen molar-refractivity contribution in [1.29, 1.82) is 0 Å². The first-order valence-electron chi connectivity index (χ1n) is 39.9. The molecule has 2 heterocycles. The number of aliphatic hydroxyl groups excluding tert-OH is 1. The Balaban J connectivity index is 0.000000326.